The highest BCUT2D eigenvalue weighted by molar-refractivity contribution is 5.69. The van der Waals surface area contributed by atoms with Crippen LogP contribution in [-0.4, -0.2) is 7.11 Å². The fraction of sp³-hybridized carbons (Fsp3) is 0.100. The third-order valence-corrected chi connectivity index (χ3v) is 3.81. The average molecular weight is 289 g/mol. The molecule has 2 heteroatoms. The van der Waals surface area contributed by atoms with E-state index in [1.165, 1.54) is 5.56 Å². The molecule has 0 unspecified atom stereocenters. The Kier molecular flexibility index (Phi) is 4.10. The zero-order valence-corrected chi connectivity index (χ0v) is 12.6. The van der Waals surface area contributed by atoms with Crippen LogP contribution in [0.15, 0.2) is 72.8 Å². The van der Waals surface area contributed by atoms with Gasteiger partial charge in [-0.2, -0.15) is 0 Å². The molecule has 3 rings (SSSR count). The molecule has 0 aliphatic heterocycles. The zero-order valence-electron chi connectivity index (χ0n) is 12.6. The normalized spacial score (nSPS) is 10.4. The predicted octanol–water partition coefficient (Wildman–Crippen LogP) is 4.54. The number of methoxy groups -OCH3 is 1. The van der Waals surface area contributed by atoms with Gasteiger partial charge in [-0.25, -0.2) is 0 Å². The molecule has 0 amide bonds. The molecule has 0 radical (unpaired) electrons. The van der Waals surface area contributed by atoms with E-state index in [9.17, 15) is 0 Å². The Morgan fingerprint density at radius 2 is 1.50 bits per heavy atom. The van der Waals surface area contributed by atoms with Gasteiger partial charge in [0, 0.05) is 5.69 Å². The second-order valence-electron chi connectivity index (χ2n) is 5.30. The summed E-state index contributed by atoms with van der Waals surface area (Å²) in [6.45, 7) is 0. The number of rotatable bonds is 4. The van der Waals surface area contributed by atoms with E-state index in [1.807, 2.05) is 36.4 Å². The number of hydrogen-bond acceptors (Lipinski definition) is 2. The van der Waals surface area contributed by atoms with Crippen LogP contribution < -0.4 is 10.5 Å². The van der Waals surface area contributed by atoms with Gasteiger partial charge in [0.15, 0.2) is 0 Å². The molecule has 0 spiro atoms. The van der Waals surface area contributed by atoms with Crippen molar-refractivity contribution in [3.8, 4) is 16.9 Å². The molecule has 0 aliphatic carbocycles. The number of nitrogen functional groups attached to an aromatic ring is 1. The van der Waals surface area contributed by atoms with E-state index in [2.05, 4.69) is 36.4 Å². The van der Waals surface area contributed by atoms with Crippen molar-refractivity contribution in [2.45, 2.75) is 6.42 Å². The first kappa shape index (κ1) is 14.2. The van der Waals surface area contributed by atoms with Crippen LogP contribution >= 0.6 is 0 Å². The first-order chi connectivity index (χ1) is 10.8. The summed E-state index contributed by atoms with van der Waals surface area (Å²) in [5, 5.41) is 0. The van der Waals surface area contributed by atoms with Crippen LogP contribution in [0.2, 0.25) is 0 Å². The van der Waals surface area contributed by atoms with E-state index in [-0.39, 0.29) is 0 Å². The molecule has 110 valence electrons. The van der Waals surface area contributed by atoms with Gasteiger partial charge in [-0.1, -0.05) is 54.6 Å². The van der Waals surface area contributed by atoms with Crippen LogP contribution in [0.4, 0.5) is 5.69 Å². The Labute approximate surface area is 131 Å². The van der Waals surface area contributed by atoms with Crippen LogP contribution in [0, 0.1) is 0 Å². The van der Waals surface area contributed by atoms with Gasteiger partial charge in [-0.3, -0.25) is 0 Å². The predicted molar refractivity (Wildman–Crippen MR) is 92.1 cm³/mol. The molecule has 2 N–H and O–H groups in total. The maximum atomic E-state index is 6.24. The monoisotopic (exact) mass is 289 g/mol. The zero-order chi connectivity index (χ0) is 15.4. The van der Waals surface area contributed by atoms with Gasteiger partial charge in [0.2, 0.25) is 0 Å². The molecular weight excluding hydrogens is 270 g/mol. The third-order valence-electron chi connectivity index (χ3n) is 3.81. The van der Waals surface area contributed by atoms with E-state index in [4.69, 9.17) is 10.5 Å². The summed E-state index contributed by atoms with van der Waals surface area (Å²) >= 11 is 0. The lowest BCUT2D eigenvalue weighted by atomic mass is 9.98. The van der Waals surface area contributed by atoms with E-state index in [1.54, 1.807) is 7.11 Å². The van der Waals surface area contributed by atoms with Crippen LogP contribution in [0.25, 0.3) is 11.1 Å². The smallest absolute Gasteiger partial charge is 0.118 e. The summed E-state index contributed by atoms with van der Waals surface area (Å²) in [5.74, 6) is 0.859. The van der Waals surface area contributed by atoms with Crippen molar-refractivity contribution in [2.24, 2.45) is 0 Å². The summed E-state index contributed by atoms with van der Waals surface area (Å²) in [4.78, 5) is 0. The average Bonchev–Trinajstić information content (AvgIpc) is 2.58. The van der Waals surface area contributed by atoms with Gasteiger partial charge in [-0.15, -0.1) is 0 Å². The number of nitrogens with two attached hydrogens (primary N) is 1. The van der Waals surface area contributed by atoms with Crippen LogP contribution in [0.1, 0.15) is 11.1 Å². The molecule has 0 saturated heterocycles. The molecule has 3 aromatic rings. The fourth-order valence-electron chi connectivity index (χ4n) is 2.53. The summed E-state index contributed by atoms with van der Waals surface area (Å²) in [6, 6.07) is 24.7. The van der Waals surface area contributed by atoms with Gasteiger partial charge < -0.3 is 10.5 Å². The Morgan fingerprint density at radius 3 is 2.14 bits per heavy atom. The molecule has 0 aromatic heterocycles. The second kappa shape index (κ2) is 6.35. The summed E-state index contributed by atoms with van der Waals surface area (Å²) < 4.78 is 5.19. The Bertz CT molecular complexity index is 748. The molecule has 0 bridgehead atoms. The molecule has 0 fully saturated rings. The lowest BCUT2D eigenvalue weighted by molar-refractivity contribution is 0.415. The highest BCUT2D eigenvalue weighted by Crippen LogP contribution is 2.27. The minimum Gasteiger partial charge on any atom is -0.497 e. The van der Waals surface area contributed by atoms with E-state index >= 15 is 0 Å². The first-order valence-electron chi connectivity index (χ1n) is 7.33. The molecule has 0 atom stereocenters. The lowest BCUT2D eigenvalue weighted by Crippen LogP contribution is -1.96. The van der Waals surface area contributed by atoms with Crippen molar-refractivity contribution in [1.82, 2.24) is 0 Å². The molecular formula is C20H19NO. The number of ether oxygens (including phenoxy) is 1. The van der Waals surface area contributed by atoms with Gasteiger partial charge in [0.1, 0.15) is 5.75 Å². The Hall–Kier alpha value is -2.74. The van der Waals surface area contributed by atoms with Crippen LogP contribution in [0.3, 0.4) is 0 Å². The van der Waals surface area contributed by atoms with Crippen molar-refractivity contribution < 1.29 is 4.74 Å². The minimum absolute atomic E-state index is 0.831. The molecule has 0 aliphatic rings. The summed E-state index contributed by atoms with van der Waals surface area (Å²) in [6.07, 6.45) is 0.857. The third kappa shape index (κ3) is 3.12. The van der Waals surface area contributed by atoms with E-state index in [0.717, 1.165) is 34.5 Å². The van der Waals surface area contributed by atoms with Crippen LogP contribution in [-0.2, 0) is 6.42 Å². The van der Waals surface area contributed by atoms with Crippen molar-refractivity contribution in [2.75, 3.05) is 12.8 Å². The molecule has 3 aromatic carbocycles. The first-order valence-corrected chi connectivity index (χ1v) is 7.33. The maximum Gasteiger partial charge on any atom is 0.118 e. The Balaban J connectivity index is 1.85. The van der Waals surface area contributed by atoms with Crippen molar-refractivity contribution in [3.63, 3.8) is 0 Å². The highest BCUT2D eigenvalue weighted by Gasteiger charge is 2.04. The minimum atomic E-state index is 0.831. The van der Waals surface area contributed by atoms with E-state index < -0.39 is 0 Å². The fourth-order valence-corrected chi connectivity index (χ4v) is 2.53. The van der Waals surface area contributed by atoms with Crippen molar-refractivity contribution >= 4 is 5.69 Å². The molecule has 0 saturated carbocycles. The lowest BCUT2D eigenvalue weighted by Gasteiger charge is -2.09. The van der Waals surface area contributed by atoms with E-state index in [0.29, 0.717) is 0 Å². The number of hydrogen-bond donors (Lipinski definition) is 1. The molecule has 0 heterocycles. The van der Waals surface area contributed by atoms with Gasteiger partial charge >= 0.3 is 0 Å². The summed E-state index contributed by atoms with van der Waals surface area (Å²) in [5.41, 5.74) is 11.8. The van der Waals surface area contributed by atoms with Gasteiger partial charge in [-0.05, 0) is 46.9 Å². The van der Waals surface area contributed by atoms with Crippen molar-refractivity contribution in [3.05, 3.63) is 83.9 Å². The van der Waals surface area contributed by atoms with Crippen molar-refractivity contribution in [1.29, 1.82) is 0 Å². The number of anilines is 1. The Morgan fingerprint density at radius 1 is 0.818 bits per heavy atom. The molecule has 2 nitrogen and oxygen atoms in total. The topological polar surface area (TPSA) is 35.2 Å². The second-order valence-corrected chi connectivity index (χ2v) is 5.30. The molecule has 22 heavy (non-hydrogen) atoms. The van der Waals surface area contributed by atoms with Crippen LogP contribution in [0.5, 0.6) is 5.75 Å². The quantitative estimate of drug-likeness (QED) is 0.716. The standard InChI is InChI=1S/C20H19NO/c1-22-19-11-9-16(10-12-19)17-7-8-18(20(21)14-17)13-15-5-3-2-4-6-15/h2-12,14H,13,21H2,1H3. The largest absolute Gasteiger partial charge is 0.497 e. The number of benzene rings is 3. The van der Waals surface area contributed by atoms with Gasteiger partial charge in [0.25, 0.3) is 0 Å². The van der Waals surface area contributed by atoms with Gasteiger partial charge in [0.05, 0.1) is 7.11 Å². The maximum absolute atomic E-state index is 6.24. The summed E-state index contributed by atoms with van der Waals surface area (Å²) in [7, 11) is 1.67. The highest BCUT2D eigenvalue weighted by atomic mass is 16.5. The SMILES string of the molecule is COc1ccc(-c2ccc(Cc3ccccc3)c(N)c2)cc1.